The van der Waals surface area contributed by atoms with E-state index in [0.717, 1.165) is 11.1 Å². The van der Waals surface area contributed by atoms with Crippen molar-refractivity contribution in [1.82, 2.24) is 16.0 Å². The lowest BCUT2D eigenvalue weighted by Crippen LogP contribution is -2.50. The van der Waals surface area contributed by atoms with E-state index in [1.54, 1.807) is 0 Å². The normalized spacial score (nSPS) is 11.0. The first-order chi connectivity index (χ1) is 14.1. The average molecular weight is 397 g/mol. The lowest BCUT2D eigenvalue weighted by Gasteiger charge is -2.18. The Morgan fingerprint density at radius 2 is 1.52 bits per heavy atom. The number of ether oxygens (including phenoxy) is 1. The summed E-state index contributed by atoms with van der Waals surface area (Å²) < 4.78 is 5.03. The Hall–Kier alpha value is -3.68. The van der Waals surface area contributed by atoms with Gasteiger partial charge < -0.3 is 25.5 Å². The monoisotopic (exact) mass is 397 g/mol. The largest absolute Gasteiger partial charge is 0.445 e. The van der Waals surface area contributed by atoms with E-state index in [0.29, 0.717) is 6.29 Å². The van der Waals surface area contributed by atoms with Crippen molar-refractivity contribution in [2.45, 2.75) is 19.1 Å². The Labute approximate surface area is 168 Å². The Bertz CT molecular complexity index is 812. The van der Waals surface area contributed by atoms with Crippen LogP contribution in [0.25, 0.3) is 0 Å². The van der Waals surface area contributed by atoms with E-state index in [1.165, 1.54) is 0 Å². The van der Waals surface area contributed by atoms with E-state index >= 15 is 0 Å². The molecule has 0 radical (unpaired) electrons. The van der Waals surface area contributed by atoms with Crippen LogP contribution < -0.4 is 16.0 Å². The second kappa shape index (κ2) is 11.9. The summed E-state index contributed by atoms with van der Waals surface area (Å²) >= 11 is 0. The van der Waals surface area contributed by atoms with Gasteiger partial charge in [0.2, 0.25) is 11.8 Å². The molecule has 152 valence electrons. The van der Waals surface area contributed by atoms with Gasteiger partial charge in [0, 0.05) is 6.42 Å². The molecule has 0 spiro atoms. The Morgan fingerprint density at radius 3 is 2.14 bits per heavy atom. The number of hydrogen-bond acceptors (Lipinski definition) is 5. The zero-order chi connectivity index (χ0) is 20.9. The van der Waals surface area contributed by atoms with Crippen molar-refractivity contribution < 1.29 is 23.9 Å². The fourth-order valence-corrected chi connectivity index (χ4v) is 2.50. The third-order valence-corrected chi connectivity index (χ3v) is 3.90. The summed E-state index contributed by atoms with van der Waals surface area (Å²) in [4.78, 5) is 46.6. The van der Waals surface area contributed by atoms with E-state index in [4.69, 9.17) is 4.74 Å². The van der Waals surface area contributed by atoms with Crippen LogP contribution in [-0.4, -0.2) is 43.3 Å². The maximum absolute atomic E-state index is 12.2. The number of alkyl carbamates (subject to hydrolysis) is 1. The van der Waals surface area contributed by atoms with Crippen molar-refractivity contribution in [3.05, 3.63) is 71.8 Å². The number of amides is 3. The van der Waals surface area contributed by atoms with E-state index < -0.39 is 23.9 Å². The molecule has 0 fully saturated rings. The number of aldehydes is 1. The Morgan fingerprint density at radius 1 is 0.897 bits per heavy atom. The predicted octanol–water partition coefficient (Wildman–Crippen LogP) is 0.955. The van der Waals surface area contributed by atoms with Crippen molar-refractivity contribution in [3.63, 3.8) is 0 Å². The minimum Gasteiger partial charge on any atom is -0.445 e. The van der Waals surface area contributed by atoms with Gasteiger partial charge in [0.1, 0.15) is 25.5 Å². The zero-order valence-electron chi connectivity index (χ0n) is 15.8. The van der Waals surface area contributed by atoms with Crippen molar-refractivity contribution >= 4 is 24.2 Å². The zero-order valence-corrected chi connectivity index (χ0v) is 15.8. The molecule has 0 heterocycles. The van der Waals surface area contributed by atoms with Gasteiger partial charge in [0.05, 0.1) is 6.54 Å². The number of carbonyl (C=O) groups excluding carboxylic acids is 4. The number of benzene rings is 2. The van der Waals surface area contributed by atoms with Crippen LogP contribution in [0.1, 0.15) is 11.1 Å². The lowest BCUT2D eigenvalue weighted by molar-refractivity contribution is -0.128. The van der Waals surface area contributed by atoms with Gasteiger partial charge in [-0.1, -0.05) is 60.7 Å². The van der Waals surface area contributed by atoms with Gasteiger partial charge in [-0.05, 0) is 11.1 Å². The van der Waals surface area contributed by atoms with Crippen LogP contribution in [0.2, 0.25) is 0 Å². The fraction of sp³-hybridized carbons (Fsp3) is 0.238. The van der Waals surface area contributed by atoms with E-state index in [2.05, 4.69) is 16.0 Å². The molecule has 0 aliphatic heterocycles. The molecule has 29 heavy (non-hydrogen) atoms. The quantitative estimate of drug-likeness (QED) is 0.517. The van der Waals surface area contributed by atoms with Crippen LogP contribution in [0.4, 0.5) is 4.79 Å². The number of carbonyl (C=O) groups is 4. The average Bonchev–Trinajstić information content (AvgIpc) is 2.75. The first-order valence-electron chi connectivity index (χ1n) is 9.07. The molecule has 2 rings (SSSR count). The molecule has 0 aromatic heterocycles. The molecule has 2 aromatic rings. The Kier molecular flexibility index (Phi) is 8.88. The van der Waals surface area contributed by atoms with Crippen LogP contribution in [0.5, 0.6) is 0 Å². The summed E-state index contributed by atoms with van der Waals surface area (Å²) in [5, 5.41) is 7.34. The molecular weight excluding hydrogens is 374 g/mol. The van der Waals surface area contributed by atoms with Gasteiger partial charge in [0.25, 0.3) is 0 Å². The standard InChI is InChI=1S/C21H23N3O5/c25-12-11-22-20(27)18(13-16-7-3-1-4-8-16)24-19(26)14-23-21(28)29-15-17-9-5-2-6-10-17/h1-10,12,18H,11,13-15H2,(H,22,27)(H,23,28)(H,24,26)/t18-/m0/s1. The van der Waals surface area contributed by atoms with Crippen molar-refractivity contribution in [2.24, 2.45) is 0 Å². The molecule has 2 aromatic carbocycles. The maximum Gasteiger partial charge on any atom is 0.407 e. The highest BCUT2D eigenvalue weighted by Gasteiger charge is 2.21. The van der Waals surface area contributed by atoms with Gasteiger partial charge in [-0.3, -0.25) is 9.59 Å². The molecule has 0 saturated carbocycles. The smallest absolute Gasteiger partial charge is 0.407 e. The summed E-state index contributed by atoms with van der Waals surface area (Å²) in [7, 11) is 0. The first-order valence-corrected chi connectivity index (χ1v) is 9.07. The van der Waals surface area contributed by atoms with Gasteiger partial charge in [-0.25, -0.2) is 4.79 Å². The number of hydrogen-bond donors (Lipinski definition) is 3. The third kappa shape index (κ3) is 8.25. The summed E-state index contributed by atoms with van der Waals surface area (Å²) in [6, 6.07) is 17.4. The van der Waals surface area contributed by atoms with Crippen LogP contribution in [-0.2, 0) is 32.1 Å². The second-order valence-electron chi connectivity index (χ2n) is 6.14. The first kappa shape index (κ1) is 21.6. The van der Waals surface area contributed by atoms with Crippen LogP contribution >= 0.6 is 0 Å². The maximum atomic E-state index is 12.2. The molecule has 0 aliphatic carbocycles. The molecule has 0 unspecified atom stereocenters. The van der Waals surface area contributed by atoms with Gasteiger partial charge in [0.15, 0.2) is 0 Å². The van der Waals surface area contributed by atoms with Gasteiger partial charge >= 0.3 is 6.09 Å². The van der Waals surface area contributed by atoms with Crippen LogP contribution in [0.15, 0.2) is 60.7 Å². The highest BCUT2D eigenvalue weighted by molar-refractivity contribution is 5.90. The number of nitrogens with one attached hydrogen (secondary N) is 3. The molecule has 3 amide bonds. The third-order valence-electron chi connectivity index (χ3n) is 3.90. The number of rotatable bonds is 10. The molecule has 0 bridgehead atoms. The molecule has 8 heteroatoms. The minimum atomic E-state index is -0.882. The highest BCUT2D eigenvalue weighted by atomic mass is 16.5. The van der Waals surface area contributed by atoms with Crippen molar-refractivity contribution in [1.29, 1.82) is 0 Å². The predicted molar refractivity (Wildman–Crippen MR) is 106 cm³/mol. The minimum absolute atomic E-state index is 0.0824. The SMILES string of the molecule is O=CCNC(=O)[C@H](Cc1ccccc1)NC(=O)CNC(=O)OCc1ccccc1. The van der Waals surface area contributed by atoms with Crippen molar-refractivity contribution in [3.8, 4) is 0 Å². The van der Waals surface area contributed by atoms with E-state index in [9.17, 15) is 19.2 Å². The fourth-order valence-electron chi connectivity index (χ4n) is 2.50. The topological polar surface area (TPSA) is 114 Å². The Balaban J connectivity index is 1.83. The summed E-state index contributed by atoms with van der Waals surface area (Å²) in [6.45, 7) is -0.414. The molecule has 0 saturated heterocycles. The second-order valence-corrected chi connectivity index (χ2v) is 6.14. The van der Waals surface area contributed by atoms with Gasteiger partial charge in [-0.2, -0.15) is 0 Å². The van der Waals surface area contributed by atoms with E-state index in [1.807, 2.05) is 60.7 Å². The molecule has 0 aliphatic rings. The van der Waals surface area contributed by atoms with Gasteiger partial charge in [-0.15, -0.1) is 0 Å². The molecule has 3 N–H and O–H groups in total. The summed E-state index contributed by atoms with van der Waals surface area (Å²) in [5.41, 5.74) is 1.66. The molecule has 1 atom stereocenters. The summed E-state index contributed by atoms with van der Waals surface area (Å²) in [6.07, 6.45) is 0.0632. The van der Waals surface area contributed by atoms with Crippen LogP contribution in [0, 0.1) is 0 Å². The highest BCUT2D eigenvalue weighted by Crippen LogP contribution is 2.04. The van der Waals surface area contributed by atoms with Crippen molar-refractivity contribution in [2.75, 3.05) is 13.1 Å². The van der Waals surface area contributed by atoms with E-state index in [-0.39, 0.29) is 26.1 Å². The van der Waals surface area contributed by atoms with Crippen LogP contribution in [0.3, 0.4) is 0 Å². The summed E-state index contributed by atoms with van der Waals surface area (Å²) in [5.74, 6) is -1.04. The lowest BCUT2D eigenvalue weighted by atomic mass is 10.1. The molecular formula is C21H23N3O5. The molecule has 8 nitrogen and oxygen atoms in total.